The number of anilines is 1. The Bertz CT molecular complexity index is 802. The molecule has 0 radical (unpaired) electrons. The van der Waals surface area contributed by atoms with Crippen LogP contribution in [-0.4, -0.2) is 43.3 Å². The van der Waals surface area contributed by atoms with Crippen molar-refractivity contribution in [1.82, 2.24) is 4.31 Å². The maximum atomic E-state index is 12.5. The number of sulfonamides is 1. The van der Waals surface area contributed by atoms with Gasteiger partial charge in [-0.2, -0.15) is 0 Å². The Morgan fingerprint density at radius 1 is 1.15 bits per heavy atom. The molecule has 0 aliphatic heterocycles. The van der Waals surface area contributed by atoms with Crippen LogP contribution in [0.4, 0.5) is 5.69 Å². The third-order valence-electron chi connectivity index (χ3n) is 4.74. The summed E-state index contributed by atoms with van der Waals surface area (Å²) in [4.78, 5) is 23.9. The first-order valence-corrected chi connectivity index (χ1v) is 10.5. The van der Waals surface area contributed by atoms with Crippen LogP contribution < -0.4 is 5.32 Å². The molecule has 2 rings (SSSR count). The number of carboxylic acid groups (broad SMARTS) is 1. The van der Waals surface area contributed by atoms with Crippen LogP contribution in [0, 0.1) is 11.8 Å². The average Bonchev–Trinajstić information content (AvgIpc) is 2.66. The van der Waals surface area contributed by atoms with Crippen LogP contribution in [-0.2, 0) is 19.6 Å². The van der Waals surface area contributed by atoms with Crippen molar-refractivity contribution in [1.29, 1.82) is 0 Å². The van der Waals surface area contributed by atoms with E-state index in [0.29, 0.717) is 25.1 Å². The molecule has 0 unspecified atom stereocenters. The lowest BCUT2D eigenvalue weighted by atomic mass is 9.82. The fourth-order valence-electron chi connectivity index (χ4n) is 3.00. The number of benzene rings is 1. The monoisotopic (exact) mass is 394 g/mol. The zero-order valence-corrected chi connectivity index (χ0v) is 16.4. The first kappa shape index (κ1) is 21.1. The number of allylic oxidation sites excluding steroid dienone is 2. The van der Waals surface area contributed by atoms with Crippen LogP contribution >= 0.6 is 0 Å². The molecule has 7 nitrogen and oxygen atoms in total. The van der Waals surface area contributed by atoms with Crippen molar-refractivity contribution in [2.24, 2.45) is 11.8 Å². The van der Waals surface area contributed by atoms with Gasteiger partial charge in [-0.05, 0) is 43.5 Å². The summed E-state index contributed by atoms with van der Waals surface area (Å²) in [5.41, 5.74) is 0.439. The van der Waals surface area contributed by atoms with E-state index < -0.39 is 27.8 Å². The lowest BCUT2D eigenvalue weighted by molar-refractivity contribution is -0.146. The largest absolute Gasteiger partial charge is 0.481 e. The molecule has 27 heavy (non-hydrogen) atoms. The summed E-state index contributed by atoms with van der Waals surface area (Å²) >= 11 is 0. The van der Waals surface area contributed by atoms with E-state index in [1.54, 1.807) is 13.1 Å². The molecule has 1 amide bonds. The number of carbonyl (C=O) groups is 2. The van der Waals surface area contributed by atoms with Gasteiger partial charge < -0.3 is 10.4 Å². The number of aliphatic carboxylic acids is 1. The molecular formula is C19H26N2O5S. The van der Waals surface area contributed by atoms with Gasteiger partial charge in [-0.25, -0.2) is 12.7 Å². The molecule has 0 fully saturated rings. The molecule has 1 aromatic rings. The number of amides is 1. The van der Waals surface area contributed by atoms with Crippen molar-refractivity contribution in [3.8, 4) is 0 Å². The number of rotatable bonds is 8. The highest BCUT2D eigenvalue weighted by molar-refractivity contribution is 7.89. The zero-order valence-electron chi connectivity index (χ0n) is 15.6. The second-order valence-electron chi connectivity index (χ2n) is 6.69. The van der Waals surface area contributed by atoms with Crippen molar-refractivity contribution in [3.63, 3.8) is 0 Å². The van der Waals surface area contributed by atoms with Crippen molar-refractivity contribution in [2.75, 3.05) is 18.9 Å². The number of nitrogens with zero attached hydrogens (tertiary/aromatic N) is 1. The lowest BCUT2D eigenvalue weighted by Crippen LogP contribution is -2.34. The number of carbonyl (C=O) groups excluding carboxylic acids is 1. The summed E-state index contributed by atoms with van der Waals surface area (Å²) in [7, 11) is -2.02. The van der Waals surface area contributed by atoms with Gasteiger partial charge in [-0.3, -0.25) is 9.59 Å². The first-order chi connectivity index (χ1) is 12.8. The van der Waals surface area contributed by atoms with E-state index in [2.05, 4.69) is 5.32 Å². The Morgan fingerprint density at radius 2 is 1.74 bits per heavy atom. The van der Waals surface area contributed by atoms with Gasteiger partial charge in [0.25, 0.3) is 0 Å². The smallest absolute Gasteiger partial charge is 0.307 e. The highest BCUT2D eigenvalue weighted by Crippen LogP contribution is 2.27. The molecule has 1 aliphatic rings. The van der Waals surface area contributed by atoms with Gasteiger partial charge in [-0.1, -0.05) is 25.5 Å². The van der Waals surface area contributed by atoms with E-state index in [9.17, 15) is 23.1 Å². The third kappa shape index (κ3) is 5.17. The van der Waals surface area contributed by atoms with Gasteiger partial charge in [0.05, 0.1) is 16.7 Å². The van der Waals surface area contributed by atoms with Crippen LogP contribution in [0.3, 0.4) is 0 Å². The van der Waals surface area contributed by atoms with E-state index in [1.807, 2.05) is 13.0 Å². The highest BCUT2D eigenvalue weighted by Gasteiger charge is 2.34. The van der Waals surface area contributed by atoms with Crippen molar-refractivity contribution in [2.45, 2.75) is 37.5 Å². The van der Waals surface area contributed by atoms with E-state index in [-0.39, 0.29) is 10.8 Å². The maximum Gasteiger partial charge on any atom is 0.307 e. The minimum atomic E-state index is -3.56. The minimum absolute atomic E-state index is 0.156. The van der Waals surface area contributed by atoms with Crippen LogP contribution in [0.1, 0.15) is 32.6 Å². The molecule has 2 N–H and O–H groups in total. The van der Waals surface area contributed by atoms with Crippen molar-refractivity contribution in [3.05, 3.63) is 36.4 Å². The van der Waals surface area contributed by atoms with Crippen molar-refractivity contribution >= 4 is 27.6 Å². The van der Waals surface area contributed by atoms with E-state index in [4.69, 9.17) is 0 Å². The van der Waals surface area contributed by atoms with E-state index in [0.717, 1.165) is 12.8 Å². The lowest BCUT2D eigenvalue weighted by Gasteiger charge is -2.24. The highest BCUT2D eigenvalue weighted by atomic mass is 32.2. The Labute approximate surface area is 160 Å². The molecule has 148 valence electrons. The van der Waals surface area contributed by atoms with Gasteiger partial charge in [0, 0.05) is 19.3 Å². The van der Waals surface area contributed by atoms with Crippen LogP contribution in [0.5, 0.6) is 0 Å². The van der Waals surface area contributed by atoms with Gasteiger partial charge in [-0.15, -0.1) is 0 Å². The number of hydrogen-bond acceptors (Lipinski definition) is 4. The summed E-state index contributed by atoms with van der Waals surface area (Å²) in [6, 6.07) is 5.94. The molecule has 0 saturated carbocycles. The Kier molecular flexibility index (Phi) is 7.15. The van der Waals surface area contributed by atoms with Crippen molar-refractivity contribution < 1.29 is 23.1 Å². The fourth-order valence-corrected chi connectivity index (χ4v) is 4.21. The summed E-state index contributed by atoms with van der Waals surface area (Å²) in [6.07, 6.45) is 5.97. The van der Waals surface area contributed by atoms with Gasteiger partial charge >= 0.3 is 5.97 Å². The quantitative estimate of drug-likeness (QED) is 0.660. The Balaban J connectivity index is 2.08. The first-order valence-electron chi connectivity index (χ1n) is 9.02. The molecule has 0 heterocycles. The molecule has 2 atom stereocenters. The average molecular weight is 394 g/mol. The van der Waals surface area contributed by atoms with Gasteiger partial charge in [0.15, 0.2) is 0 Å². The predicted molar refractivity (Wildman–Crippen MR) is 103 cm³/mol. The fraction of sp³-hybridized carbons (Fsp3) is 0.474. The van der Waals surface area contributed by atoms with Crippen LogP contribution in [0.25, 0.3) is 0 Å². The number of unbranched alkanes of at least 4 members (excludes halogenated alkanes) is 1. The van der Waals surface area contributed by atoms with Crippen LogP contribution in [0.2, 0.25) is 0 Å². The summed E-state index contributed by atoms with van der Waals surface area (Å²) < 4.78 is 26.3. The normalized spacial score (nSPS) is 19.8. The maximum absolute atomic E-state index is 12.5. The topological polar surface area (TPSA) is 104 Å². The number of nitrogens with one attached hydrogen (secondary N) is 1. The summed E-state index contributed by atoms with van der Waals surface area (Å²) in [5, 5.41) is 12.0. The van der Waals surface area contributed by atoms with E-state index >= 15 is 0 Å². The molecule has 0 bridgehead atoms. The van der Waals surface area contributed by atoms with Crippen LogP contribution in [0.15, 0.2) is 41.3 Å². The third-order valence-corrected chi connectivity index (χ3v) is 6.61. The number of carboxylic acids is 1. The number of hydrogen-bond donors (Lipinski definition) is 2. The minimum Gasteiger partial charge on any atom is -0.481 e. The predicted octanol–water partition coefficient (Wildman–Crippen LogP) is 2.71. The second kappa shape index (κ2) is 9.14. The molecule has 1 aromatic carbocycles. The Hall–Kier alpha value is -2.19. The second-order valence-corrected chi connectivity index (χ2v) is 8.73. The van der Waals surface area contributed by atoms with Gasteiger partial charge in [0.1, 0.15) is 0 Å². The Morgan fingerprint density at radius 3 is 2.30 bits per heavy atom. The van der Waals surface area contributed by atoms with E-state index in [1.165, 1.54) is 28.6 Å². The summed E-state index contributed by atoms with van der Waals surface area (Å²) in [6.45, 7) is 2.44. The molecule has 8 heteroatoms. The molecule has 0 aromatic heterocycles. The molecule has 0 saturated heterocycles. The zero-order chi connectivity index (χ0) is 20.0. The molecule has 1 aliphatic carbocycles. The summed E-state index contributed by atoms with van der Waals surface area (Å²) in [5.74, 6) is -2.75. The molecule has 0 spiro atoms. The SMILES string of the molecule is CCCCN(C)S(=O)(=O)c1ccc(NC(=O)[C@@H]2CC=CC[C@H]2C(=O)O)cc1. The molecular weight excluding hydrogens is 368 g/mol. The standard InChI is InChI=1S/C19H26N2O5S/c1-3-4-13-21(2)27(25,26)15-11-9-14(10-12-15)20-18(22)16-7-5-6-8-17(16)19(23)24/h5-6,9-12,16-17H,3-4,7-8,13H2,1-2H3,(H,20,22)(H,23,24)/t16-,17-/m1/s1. The van der Waals surface area contributed by atoms with Gasteiger partial charge in [0.2, 0.25) is 15.9 Å².